The summed E-state index contributed by atoms with van der Waals surface area (Å²) in [6, 6.07) is 5.39. The van der Waals surface area contributed by atoms with E-state index in [4.69, 9.17) is 32.7 Å². The summed E-state index contributed by atoms with van der Waals surface area (Å²) < 4.78 is 10.9. The van der Waals surface area contributed by atoms with Gasteiger partial charge in [0.2, 0.25) is 5.91 Å². The highest BCUT2D eigenvalue weighted by atomic mass is 35.5. The van der Waals surface area contributed by atoms with E-state index < -0.39 is 0 Å². The highest BCUT2D eigenvalue weighted by Gasteiger charge is 2.25. The van der Waals surface area contributed by atoms with Gasteiger partial charge in [-0.2, -0.15) is 0 Å². The number of morpholine rings is 1. The summed E-state index contributed by atoms with van der Waals surface area (Å²) >= 11 is 11.9. The van der Waals surface area contributed by atoms with Gasteiger partial charge in [0.1, 0.15) is 12.7 Å². The van der Waals surface area contributed by atoms with Crippen LogP contribution in [0.5, 0.6) is 0 Å². The zero-order chi connectivity index (χ0) is 14.5. The smallest absolute Gasteiger partial charge is 0.248 e. The van der Waals surface area contributed by atoms with Crippen LogP contribution in [0.1, 0.15) is 18.6 Å². The lowest BCUT2D eigenvalue weighted by atomic mass is 10.1. The van der Waals surface area contributed by atoms with Crippen molar-refractivity contribution in [2.45, 2.75) is 13.0 Å². The lowest BCUT2D eigenvalue weighted by molar-refractivity contribution is -0.143. The Morgan fingerprint density at radius 3 is 2.95 bits per heavy atom. The first-order valence-corrected chi connectivity index (χ1v) is 7.29. The molecule has 0 unspecified atom stereocenters. The second-order valence-corrected chi connectivity index (χ2v) is 5.32. The maximum absolute atomic E-state index is 12.0. The normalized spacial score (nSPS) is 19.1. The number of carbonyl (C=O) groups is 1. The molecule has 1 heterocycles. The third kappa shape index (κ3) is 3.85. The molecule has 0 aromatic heterocycles. The van der Waals surface area contributed by atoms with Crippen molar-refractivity contribution in [3.63, 3.8) is 0 Å². The van der Waals surface area contributed by atoms with Crippen LogP contribution in [0.3, 0.4) is 0 Å². The number of hydrogen-bond acceptors (Lipinski definition) is 3. The Kier molecular flexibility index (Phi) is 5.66. The minimum Gasteiger partial charge on any atom is -0.372 e. The molecule has 1 fully saturated rings. The van der Waals surface area contributed by atoms with Crippen molar-refractivity contribution in [3.8, 4) is 0 Å². The first-order valence-electron chi connectivity index (χ1n) is 6.54. The molecular formula is C14H17Cl2NO3. The summed E-state index contributed by atoms with van der Waals surface area (Å²) in [6.07, 6.45) is -0.177. The van der Waals surface area contributed by atoms with Gasteiger partial charge in [0, 0.05) is 13.2 Å². The summed E-state index contributed by atoms with van der Waals surface area (Å²) in [6.45, 7) is 4.11. The first kappa shape index (κ1) is 15.6. The van der Waals surface area contributed by atoms with Crippen molar-refractivity contribution in [1.82, 2.24) is 4.90 Å². The number of amides is 1. The molecule has 0 N–H and O–H groups in total. The van der Waals surface area contributed by atoms with E-state index in [0.29, 0.717) is 36.3 Å². The van der Waals surface area contributed by atoms with Crippen LogP contribution in [0.25, 0.3) is 0 Å². The fourth-order valence-electron chi connectivity index (χ4n) is 2.07. The molecule has 4 nitrogen and oxygen atoms in total. The molecule has 1 aliphatic heterocycles. The molecule has 0 radical (unpaired) electrons. The predicted molar refractivity (Wildman–Crippen MR) is 78.2 cm³/mol. The number of rotatable bonds is 4. The number of hydrogen-bond donors (Lipinski definition) is 0. The molecule has 1 aliphatic rings. The first-order chi connectivity index (χ1) is 9.61. The van der Waals surface area contributed by atoms with Gasteiger partial charge in [-0.05, 0) is 24.6 Å². The van der Waals surface area contributed by atoms with E-state index in [9.17, 15) is 4.79 Å². The number of carbonyl (C=O) groups excluding carboxylic acids is 1. The van der Waals surface area contributed by atoms with E-state index in [1.54, 1.807) is 17.0 Å². The standard InChI is InChI=1S/C14H17Cl2NO3/c1-2-19-9-14(18)17-5-6-20-13(8-17)10-3-4-11(15)12(16)7-10/h3-4,7,13H,2,5-6,8-9H2,1H3/t13-/m0/s1. The second kappa shape index (κ2) is 7.27. The number of nitrogens with zero attached hydrogens (tertiary/aromatic N) is 1. The van der Waals surface area contributed by atoms with E-state index in [-0.39, 0.29) is 18.6 Å². The van der Waals surface area contributed by atoms with Gasteiger partial charge in [0.05, 0.1) is 23.2 Å². The largest absolute Gasteiger partial charge is 0.372 e. The molecule has 1 atom stereocenters. The molecule has 6 heteroatoms. The lowest BCUT2D eigenvalue weighted by Gasteiger charge is -2.33. The van der Waals surface area contributed by atoms with Crippen LogP contribution in [-0.4, -0.2) is 43.7 Å². The van der Waals surface area contributed by atoms with Gasteiger partial charge < -0.3 is 14.4 Å². The van der Waals surface area contributed by atoms with Gasteiger partial charge >= 0.3 is 0 Å². The minimum absolute atomic E-state index is 0.0137. The topological polar surface area (TPSA) is 38.8 Å². The number of halogens is 2. The number of benzene rings is 1. The Labute approximate surface area is 128 Å². The molecule has 1 saturated heterocycles. The lowest BCUT2D eigenvalue weighted by Crippen LogP contribution is -2.43. The van der Waals surface area contributed by atoms with Crippen LogP contribution < -0.4 is 0 Å². The van der Waals surface area contributed by atoms with Crippen LogP contribution in [0.2, 0.25) is 10.0 Å². The van der Waals surface area contributed by atoms with Crippen molar-refractivity contribution in [2.24, 2.45) is 0 Å². The van der Waals surface area contributed by atoms with Gasteiger partial charge in [-0.25, -0.2) is 0 Å². The SMILES string of the molecule is CCOCC(=O)N1CCO[C@H](c2ccc(Cl)c(Cl)c2)C1. The molecule has 1 aromatic carbocycles. The third-order valence-electron chi connectivity index (χ3n) is 3.16. The van der Waals surface area contributed by atoms with Crippen LogP contribution in [0.15, 0.2) is 18.2 Å². The van der Waals surface area contributed by atoms with Crippen molar-refractivity contribution in [1.29, 1.82) is 0 Å². The van der Waals surface area contributed by atoms with Gasteiger partial charge in [-0.15, -0.1) is 0 Å². The zero-order valence-corrected chi connectivity index (χ0v) is 12.8. The molecule has 1 aromatic rings. The highest BCUT2D eigenvalue weighted by Crippen LogP contribution is 2.29. The molecule has 0 saturated carbocycles. The quantitative estimate of drug-likeness (QED) is 0.857. The summed E-state index contributed by atoms with van der Waals surface area (Å²) in [7, 11) is 0. The van der Waals surface area contributed by atoms with E-state index in [1.807, 2.05) is 13.0 Å². The van der Waals surface area contributed by atoms with Crippen LogP contribution >= 0.6 is 23.2 Å². The molecule has 0 spiro atoms. The molecule has 1 amide bonds. The van der Waals surface area contributed by atoms with Crippen molar-refractivity contribution in [3.05, 3.63) is 33.8 Å². The Balaban J connectivity index is 2.02. The monoisotopic (exact) mass is 317 g/mol. The number of ether oxygens (including phenoxy) is 2. The molecule has 2 rings (SSSR count). The van der Waals surface area contributed by atoms with E-state index in [2.05, 4.69) is 0 Å². The fourth-order valence-corrected chi connectivity index (χ4v) is 2.38. The summed E-state index contributed by atoms with van der Waals surface area (Å²) in [5.74, 6) is -0.0137. The Hall–Kier alpha value is -0.810. The summed E-state index contributed by atoms with van der Waals surface area (Å²) in [5.41, 5.74) is 0.924. The molecular weight excluding hydrogens is 301 g/mol. The van der Waals surface area contributed by atoms with Crippen molar-refractivity contribution in [2.75, 3.05) is 32.9 Å². The summed E-state index contributed by atoms with van der Waals surface area (Å²) in [4.78, 5) is 13.7. The van der Waals surface area contributed by atoms with Crippen LogP contribution in [0, 0.1) is 0 Å². The Morgan fingerprint density at radius 2 is 2.25 bits per heavy atom. The highest BCUT2D eigenvalue weighted by molar-refractivity contribution is 6.42. The molecule has 0 bridgehead atoms. The zero-order valence-electron chi connectivity index (χ0n) is 11.3. The van der Waals surface area contributed by atoms with Crippen molar-refractivity contribution >= 4 is 29.1 Å². The molecule has 20 heavy (non-hydrogen) atoms. The second-order valence-electron chi connectivity index (χ2n) is 4.51. The average Bonchev–Trinajstić information content (AvgIpc) is 2.47. The van der Waals surface area contributed by atoms with E-state index in [0.717, 1.165) is 5.56 Å². The third-order valence-corrected chi connectivity index (χ3v) is 3.90. The Morgan fingerprint density at radius 1 is 1.45 bits per heavy atom. The molecule has 110 valence electrons. The maximum atomic E-state index is 12.0. The van der Waals surface area contributed by atoms with Gasteiger partial charge in [-0.1, -0.05) is 29.3 Å². The maximum Gasteiger partial charge on any atom is 0.248 e. The van der Waals surface area contributed by atoms with Gasteiger partial charge in [0.15, 0.2) is 0 Å². The van der Waals surface area contributed by atoms with Gasteiger partial charge in [-0.3, -0.25) is 4.79 Å². The van der Waals surface area contributed by atoms with E-state index >= 15 is 0 Å². The van der Waals surface area contributed by atoms with Gasteiger partial charge in [0.25, 0.3) is 0 Å². The summed E-state index contributed by atoms with van der Waals surface area (Å²) in [5, 5.41) is 1.00. The minimum atomic E-state index is -0.177. The van der Waals surface area contributed by atoms with Crippen LogP contribution in [-0.2, 0) is 14.3 Å². The van der Waals surface area contributed by atoms with E-state index in [1.165, 1.54) is 0 Å². The van der Waals surface area contributed by atoms with Crippen LogP contribution in [0.4, 0.5) is 0 Å². The average molecular weight is 318 g/mol. The Bertz CT molecular complexity index is 481. The van der Waals surface area contributed by atoms with Crippen molar-refractivity contribution < 1.29 is 14.3 Å². The fraction of sp³-hybridized carbons (Fsp3) is 0.500. The predicted octanol–water partition coefficient (Wildman–Crippen LogP) is 2.93. The molecule has 0 aliphatic carbocycles.